The molecule has 0 bridgehead atoms. The van der Waals surface area contributed by atoms with Crippen molar-refractivity contribution in [3.05, 3.63) is 0 Å². The molecule has 1 spiro atoms. The van der Waals surface area contributed by atoms with Crippen LogP contribution in [0.1, 0.15) is 59.3 Å². The summed E-state index contributed by atoms with van der Waals surface area (Å²) < 4.78 is 0. The summed E-state index contributed by atoms with van der Waals surface area (Å²) in [7, 11) is 0. The first-order valence-corrected chi connectivity index (χ1v) is 10.1. The monoisotopic (exact) mass is 364 g/mol. The van der Waals surface area contributed by atoms with Gasteiger partial charge in [-0.2, -0.15) is 0 Å². The fourth-order valence-electron chi connectivity index (χ4n) is 4.50. The van der Waals surface area contributed by atoms with Crippen LogP contribution in [0.15, 0.2) is 0 Å². The number of carbonyl (C=O) groups is 3. The largest absolute Gasteiger partial charge is 0.341 e. The van der Waals surface area contributed by atoms with Crippen LogP contribution in [0.2, 0.25) is 0 Å². The maximum atomic E-state index is 13.2. The minimum absolute atomic E-state index is 0.0827. The Balaban J connectivity index is 1.68. The summed E-state index contributed by atoms with van der Waals surface area (Å²) in [6, 6.07) is -0.0190. The maximum Gasteiger partial charge on any atom is 0.325 e. The van der Waals surface area contributed by atoms with E-state index in [4.69, 9.17) is 0 Å². The molecule has 1 atom stereocenters. The van der Waals surface area contributed by atoms with Gasteiger partial charge in [0.1, 0.15) is 5.54 Å². The molecule has 3 saturated heterocycles. The number of piperidine rings is 2. The van der Waals surface area contributed by atoms with Crippen molar-refractivity contribution in [2.24, 2.45) is 0 Å². The van der Waals surface area contributed by atoms with E-state index >= 15 is 0 Å². The molecule has 0 aromatic rings. The third kappa shape index (κ3) is 3.46. The predicted molar refractivity (Wildman–Crippen MR) is 98.6 cm³/mol. The lowest BCUT2D eigenvalue weighted by Gasteiger charge is -2.40. The van der Waals surface area contributed by atoms with Crippen LogP contribution in [0, 0.1) is 0 Å². The summed E-state index contributed by atoms with van der Waals surface area (Å²) in [5.41, 5.74) is -0.738. The lowest BCUT2D eigenvalue weighted by atomic mass is 9.86. The number of rotatable bonds is 4. The summed E-state index contributed by atoms with van der Waals surface area (Å²) in [4.78, 5) is 43.7. The van der Waals surface area contributed by atoms with Crippen molar-refractivity contribution >= 4 is 17.8 Å². The fourth-order valence-corrected chi connectivity index (χ4v) is 4.50. The number of imide groups is 1. The van der Waals surface area contributed by atoms with Crippen molar-refractivity contribution in [3.8, 4) is 0 Å². The molecule has 7 heteroatoms. The van der Waals surface area contributed by atoms with Crippen LogP contribution in [0.4, 0.5) is 4.79 Å². The highest BCUT2D eigenvalue weighted by Crippen LogP contribution is 2.32. The van der Waals surface area contributed by atoms with Gasteiger partial charge in [0.05, 0.1) is 6.04 Å². The van der Waals surface area contributed by atoms with Crippen molar-refractivity contribution in [1.29, 1.82) is 0 Å². The van der Waals surface area contributed by atoms with E-state index in [0.717, 1.165) is 38.9 Å². The Kier molecular flexibility index (Phi) is 5.55. The number of nitrogens with one attached hydrogen (secondary N) is 1. The van der Waals surface area contributed by atoms with Crippen LogP contribution in [-0.2, 0) is 9.59 Å². The molecule has 3 heterocycles. The van der Waals surface area contributed by atoms with Gasteiger partial charge in [0.25, 0.3) is 5.91 Å². The first-order chi connectivity index (χ1) is 12.4. The van der Waals surface area contributed by atoms with Crippen molar-refractivity contribution < 1.29 is 14.4 Å². The highest BCUT2D eigenvalue weighted by Gasteiger charge is 2.54. The van der Waals surface area contributed by atoms with E-state index in [1.54, 1.807) is 0 Å². The third-order valence-electron chi connectivity index (χ3n) is 6.15. The Hall–Kier alpha value is -1.63. The van der Waals surface area contributed by atoms with E-state index in [1.807, 2.05) is 11.8 Å². The lowest BCUT2D eigenvalue weighted by Crippen LogP contribution is -2.57. The van der Waals surface area contributed by atoms with Crippen LogP contribution in [0.5, 0.6) is 0 Å². The zero-order chi connectivity index (χ0) is 18.9. The Morgan fingerprint density at radius 2 is 1.92 bits per heavy atom. The van der Waals surface area contributed by atoms with E-state index in [0.29, 0.717) is 31.8 Å². The molecule has 4 amide bonds. The van der Waals surface area contributed by atoms with Crippen LogP contribution in [-0.4, -0.2) is 76.3 Å². The van der Waals surface area contributed by atoms with Gasteiger partial charge < -0.3 is 15.1 Å². The topological polar surface area (TPSA) is 73.0 Å². The zero-order valence-corrected chi connectivity index (χ0v) is 16.3. The Bertz CT molecular complexity index is 569. The van der Waals surface area contributed by atoms with Gasteiger partial charge in [-0.1, -0.05) is 6.92 Å². The third-order valence-corrected chi connectivity index (χ3v) is 6.15. The molecule has 7 nitrogen and oxygen atoms in total. The normalized spacial score (nSPS) is 26.7. The Labute approximate surface area is 156 Å². The summed E-state index contributed by atoms with van der Waals surface area (Å²) in [6.45, 7) is 9.16. The molecule has 3 aliphatic heterocycles. The van der Waals surface area contributed by atoms with E-state index < -0.39 is 5.54 Å². The smallest absolute Gasteiger partial charge is 0.325 e. The molecule has 0 aliphatic carbocycles. The SMILES string of the molecule is CCCC(=O)N1CCC[C@H](N2C(=O)NC3(CCN(C(C)C)CC3)C2=O)C1. The maximum absolute atomic E-state index is 13.2. The molecule has 146 valence electrons. The van der Waals surface area contributed by atoms with Gasteiger partial charge in [-0.25, -0.2) is 4.79 Å². The van der Waals surface area contributed by atoms with Gasteiger partial charge in [0, 0.05) is 38.6 Å². The second-order valence-corrected chi connectivity index (χ2v) is 8.20. The number of likely N-dealkylation sites (tertiary alicyclic amines) is 2. The van der Waals surface area contributed by atoms with Gasteiger partial charge in [-0.05, 0) is 46.0 Å². The second kappa shape index (κ2) is 7.55. The fraction of sp³-hybridized carbons (Fsp3) is 0.842. The van der Waals surface area contributed by atoms with Crippen molar-refractivity contribution in [2.75, 3.05) is 26.2 Å². The van der Waals surface area contributed by atoms with Crippen LogP contribution in [0.25, 0.3) is 0 Å². The molecule has 0 radical (unpaired) electrons. The lowest BCUT2D eigenvalue weighted by molar-refractivity contribution is -0.139. The molecule has 3 rings (SSSR count). The minimum Gasteiger partial charge on any atom is -0.341 e. The van der Waals surface area contributed by atoms with E-state index in [1.165, 1.54) is 4.90 Å². The molecule has 0 unspecified atom stereocenters. The first kappa shape index (κ1) is 19.1. The summed E-state index contributed by atoms with van der Waals surface area (Å²) in [5.74, 6) is 0.0462. The molecule has 26 heavy (non-hydrogen) atoms. The molecule has 0 aromatic heterocycles. The highest BCUT2D eigenvalue weighted by atomic mass is 16.2. The average molecular weight is 364 g/mol. The Morgan fingerprint density at radius 1 is 1.23 bits per heavy atom. The molecular weight excluding hydrogens is 332 g/mol. The predicted octanol–water partition coefficient (Wildman–Crippen LogP) is 1.57. The summed E-state index contributed by atoms with van der Waals surface area (Å²) in [6.07, 6.45) is 4.30. The van der Waals surface area contributed by atoms with Crippen LogP contribution in [0.3, 0.4) is 0 Å². The second-order valence-electron chi connectivity index (χ2n) is 8.20. The minimum atomic E-state index is -0.738. The van der Waals surface area contributed by atoms with Gasteiger partial charge >= 0.3 is 6.03 Å². The molecule has 0 saturated carbocycles. The van der Waals surface area contributed by atoms with Gasteiger partial charge in [0.15, 0.2) is 0 Å². The van der Waals surface area contributed by atoms with E-state index in [2.05, 4.69) is 24.1 Å². The Morgan fingerprint density at radius 3 is 2.54 bits per heavy atom. The zero-order valence-electron chi connectivity index (χ0n) is 16.3. The molecule has 3 aliphatic rings. The average Bonchev–Trinajstić information content (AvgIpc) is 2.85. The van der Waals surface area contributed by atoms with Crippen LogP contribution >= 0.6 is 0 Å². The number of hydrogen-bond acceptors (Lipinski definition) is 4. The standard InChI is InChI=1S/C19H32N4O3/c1-4-6-16(24)22-10-5-7-15(13-22)23-17(25)19(20-18(23)26)8-11-21(12-9-19)14(2)3/h14-15H,4-13H2,1-3H3,(H,20,26)/t15-/m0/s1. The van der Waals surface area contributed by atoms with E-state index in [9.17, 15) is 14.4 Å². The number of hydrogen-bond donors (Lipinski definition) is 1. The molecule has 1 N–H and O–H groups in total. The number of amides is 4. The van der Waals surface area contributed by atoms with Gasteiger partial charge in [0.2, 0.25) is 5.91 Å². The van der Waals surface area contributed by atoms with Crippen molar-refractivity contribution in [1.82, 2.24) is 20.0 Å². The first-order valence-electron chi connectivity index (χ1n) is 10.1. The quantitative estimate of drug-likeness (QED) is 0.769. The summed E-state index contributed by atoms with van der Waals surface area (Å²) >= 11 is 0. The number of urea groups is 1. The highest BCUT2D eigenvalue weighted by molar-refractivity contribution is 6.07. The number of carbonyl (C=O) groups excluding carboxylic acids is 3. The van der Waals surface area contributed by atoms with Gasteiger partial charge in [-0.3, -0.25) is 14.5 Å². The summed E-state index contributed by atoms with van der Waals surface area (Å²) in [5, 5.41) is 3.00. The van der Waals surface area contributed by atoms with Crippen molar-refractivity contribution in [2.45, 2.75) is 76.9 Å². The molecular formula is C19H32N4O3. The molecule has 0 aromatic carbocycles. The molecule has 3 fully saturated rings. The van der Waals surface area contributed by atoms with Crippen LogP contribution < -0.4 is 5.32 Å². The van der Waals surface area contributed by atoms with E-state index in [-0.39, 0.29) is 23.9 Å². The number of nitrogens with zero attached hydrogens (tertiary/aromatic N) is 3. The van der Waals surface area contributed by atoms with Crippen molar-refractivity contribution in [3.63, 3.8) is 0 Å². The van der Waals surface area contributed by atoms with Gasteiger partial charge in [-0.15, -0.1) is 0 Å².